The molecule has 0 bridgehead atoms. The van der Waals surface area contributed by atoms with Crippen LogP contribution in [0.4, 0.5) is 0 Å². The molecular formula is C16H25ClN2O2. The lowest BCUT2D eigenvalue weighted by atomic mass is 9.95. The van der Waals surface area contributed by atoms with Crippen LogP contribution in [0.3, 0.4) is 0 Å². The van der Waals surface area contributed by atoms with Crippen LogP contribution in [0.15, 0.2) is 30.3 Å². The predicted octanol–water partition coefficient (Wildman–Crippen LogP) is 1.83. The molecule has 4 nitrogen and oxygen atoms in total. The highest BCUT2D eigenvalue weighted by atomic mass is 35.5. The van der Waals surface area contributed by atoms with E-state index in [1.54, 1.807) is 0 Å². The van der Waals surface area contributed by atoms with E-state index in [9.17, 15) is 9.90 Å². The first-order valence-electron chi connectivity index (χ1n) is 7.48. The fourth-order valence-corrected chi connectivity index (χ4v) is 2.69. The highest BCUT2D eigenvalue weighted by molar-refractivity contribution is 5.85. The third-order valence-electron chi connectivity index (χ3n) is 3.90. The molecule has 1 aromatic carbocycles. The second-order valence-electron chi connectivity index (χ2n) is 5.37. The zero-order valence-corrected chi connectivity index (χ0v) is 13.1. The van der Waals surface area contributed by atoms with Crippen molar-refractivity contribution in [1.82, 2.24) is 10.6 Å². The number of benzene rings is 1. The molecule has 0 aliphatic carbocycles. The fourth-order valence-electron chi connectivity index (χ4n) is 2.69. The summed E-state index contributed by atoms with van der Waals surface area (Å²) >= 11 is 0. The fraction of sp³-hybridized carbons (Fsp3) is 0.562. The van der Waals surface area contributed by atoms with Gasteiger partial charge in [0.1, 0.15) is 0 Å². The van der Waals surface area contributed by atoms with Gasteiger partial charge in [-0.05, 0) is 31.4 Å². The Kier molecular flexibility index (Phi) is 8.35. The predicted molar refractivity (Wildman–Crippen MR) is 86.8 cm³/mol. The summed E-state index contributed by atoms with van der Waals surface area (Å²) in [4.78, 5) is 12.1. The van der Waals surface area contributed by atoms with Gasteiger partial charge in [0.2, 0.25) is 5.91 Å². The maximum absolute atomic E-state index is 12.1. The highest BCUT2D eigenvalue weighted by Crippen LogP contribution is 2.18. The minimum absolute atomic E-state index is 0. The van der Waals surface area contributed by atoms with E-state index in [1.165, 1.54) is 5.56 Å². The van der Waals surface area contributed by atoms with Crippen molar-refractivity contribution in [3.8, 4) is 0 Å². The first-order valence-corrected chi connectivity index (χ1v) is 7.48. The largest absolute Gasteiger partial charge is 0.396 e. The van der Waals surface area contributed by atoms with E-state index in [-0.39, 0.29) is 36.9 Å². The Morgan fingerprint density at radius 1 is 1.33 bits per heavy atom. The Balaban J connectivity index is 0.00000220. The number of aliphatic hydroxyl groups is 1. The van der Waals surface area contributed by atoms with Crippen LogP contribution in [0, 0.1) is 0 Å². The Bertz CT molecular complexity index is 408. The van der Waals surface area contributed by atoms with Crippen molar-refractivity contribution in [2.45, 2.75) is 37.6 Å². The number of carbonyl (C=O) groups excluding carboxylic acids is 1. The molecule has 0 spiro atoms. The molecule has 3 N–H and O–H groups in total. The maximum atomic E-state index is 12.1. The number of hydrogen-bond donors (Lipinski definition) is 3. The number of nitrogens with one attached hydrogen (secondary N) is 2. The number of hydrogen-bond acceptors (Lipinski definition) is 3. The van der Waals surface area contributed by atoms with Crippen molar-refractivity contribution < 1.29 is 9.90 Å². The van der Waals surface area contributed by atoms with Crippen LogP contribution in [0.25, 0.3) is 0 Å². The molecule has 1 aromatic rings. The highest BCUT2D eigenvalue weighted by Gasteiger charge is 2.21. The van der Waals surface area contributed by atoms with Crippen LogP contribution in [-0.4, -0.2) is 36.8 Å². The van der Waals surface area contributed by atoms with Crippen molar-refractivity contribution in [3.05, 3.63) is 35.9 Å². The summed E-state index contributed by atoms with van der Waals surface area (Å²) in [6, 6.07) is 10.0. The van der Waals surface area contributed by atoms with Crippen molar-refractivity contribution >= 4 is 18.3 Å². The van der Waals surface area contributed by atoms with Gasteiger partial charge in [0.15, 0.2) is 0 Å². The second-order valence-corrected chi connectivity index (χ2v) is 5.37. The standard InChI is InChI=1S/C16H24N2O2.ClH/c19-11-9-14(13-6-2-1-3-7-13)12-18-16(20)15-8-4-5-10-17-15;/h1-3,6-7,14-15,17,19H,4-5,8-12H2,(H,18,20);1H. The van der Waals surface area contributed by atoms with Crippen molar-refractivity contribution in [2.24, 2.45) is 0 Å². The lowest BCUT2D eigenvalue weighted by Crippen LogP contribution is -2.47. The van der Waals surface area contributed by atoms with Crippen molar-refractivity contribution in [3.63, 3.8) is 0 Å². The monoisotopic (exact) mass is 312 g/mol. The van der Waals surface area contributed by atoms with E-state index >= 15 is 0 Å². The Morgan fingerprint density at radius 3 is 2.71 bits per heavy atom. The average molecular weight is 313 g/mol. The summed E-state index contributed by atoms with van der Waals surface area (Å²) in [6.45, 7) is 1.65. The zero-order chi connectivity index (χ0) is 14.2. The first-order chi connectivity index (χ1) is 9.81. The van der Waals surface area contributed by atoms with Gasteiger partial charge in [-0.15, -0.1) is 12.4 Å². The molecule has 2 rings (SSSR count). The maximum Gasteiger partial charge on any atom is 0.237 e. The van der Waals surface area contributed by atoms with Gasteiger partial charge in [-0.1, -0.05) is 36.8 Å². The molecule has 2 atom stereocenters. The molecule has 1 aliphatic heterocycles. The van der Waals surface area contributed by atoms with Gasteiger partial charge in [0.05, 0.1) is 6.04 Å². The third kappa shape index (κ3) is 5.65. The summed E-state index contributed by atoms with van der Waals surface area (Å²) < 4.78 is 0. The SMILES string of the molecule is Cl.O=C(NCC(CCO)c1ccccc1)C1CCCCN1. The molecule has 0 aromatic heterocycles. The molecule has 0 saturated carbocycles. The van der Waals surface area contributed by atoms with Crippen LogP contribution >= 0.6 is 12.4 Å². The summed E-state index contributed by atoms with van der Waals surface area (Å²) in [5.41, 5.74) is 1.17. The molecule has 1 aliphatic rings. The van der Waals surface area contributed by atoms with Gasteiger partial charge in [0.25, 0.3) is 0 Å². The smallest absolute Gasteiger partial charge is 0.237 e. The Morgan fingerprint density at radius 2 is 2.10 bits per heavy atom. The van der Waals surface area contributed by atoms with Crippen molar-refractivity contribution in [1.29, 1.82) is 0 Å². The summed E-state index contributed by atoms with van der Waals surface area (Å²) in [6.07, 6.45) is 3.86. The van der Waals surface area contributed by atoms with Crippen LogP contribution < -0.4 is 10.6 Å². The number of piperidine rings is 1. The molecule has 0 radical (unpaired) electrons. The molecule has 21 heavy (non-hydrogen) atoms. The lowest BCUT2D eigenvalue weighted by molar-refractivity contribution is -0.123. The quantitative estimate of drug-likeness (QED) is 0.751. The molecule has 1 saturated heterocycles. The minimum atomic E-state index is -0.0469. The van der Waals surface area contributed by atoms with E-state index in [1.807, 2.05) is 30.3 Å². The van der Waals surface area contributed by atoms with Gasteiger partial charge in [-0.3, -0.25) is 4.79 Å². The Labute approximate surface area is 132 Å². The van der Waals surface area contributed by atoms with E-state index < -0.39 is 0 Å². The lowest BCUT2D eigenvalue weighted by Gasteiger charge is -2.24. The third-order valence-corrected chi connectivity index (χ3v) is 3.90. The van der Waals surface area contributed by atoms with Crippen LogP contribution in [-0.2, 0) is 4.79 Å². The van der Waals surface area contributed by atoms with E-state index in [2.05, 4.69) is 10.6 Å². The number of aliphatic hydroxyl groups excluding tert-OH is 1. The van der Waals surface area contributed by atoms with Gasteiger partial charge in [-0.2, -0.15) is 0 Å². The molecule has 5 heteroatoms. The van der Waals surface area contributed by atoms with Gasteiger partial charge >= 0.3 is 0 Å². The number of rotatable bonds is 6. The van der Waals surface area contributed by atoms with Crippen LogP contribution in [0.5, 0.6) is 0 Å². The molecule has 118 valence electrons. The molecular weight excluding hydrogens is 288 g/mol. The van der Waals surface area contributed by atoms with E-state index in [4.69, 9.17) is 0 Å². The van der Waals surface area contributed by atoms with Crippen LogP contribution in [0.1, 0.15) is 37.2 Å². The van der Waals surface area contributed by atoms with E-state index in [0.29, 0.717) is 13.0 Å². The zero-order valence-electron chi connectivity index (χ0n) is 12.3. The first kappa shape index (κ1) is 18.0. The number of halogens is 1. The Hall–Kier alpha value is -1.10. The number of carbonyl (C=O) groups is 1. The summed E-state index contributed by atoms with van der Waals surface area (Å²) in [5, 5.41) is 15.5. The topological polar surface area (TPSA) is 61.4 Å². The summed E-state index contributed by atoms with van der Waals surface area (Å²) in [5.74, 6) is 0.261. The van der Waals surface area contributed by atoms with Crippen LogP contribution in [0.2, 0.25) is 0 Å². The molecule has 1 heterocycles. The van der Waals surface area contributed by atoms with Gasteiger partial charge in [-0.25, -0.2) is 0 Å². The summed E-state index contributed by atoms with van der Waals surface area (Å²) in [7, 11) is 0. The van der Waals surface area contributed by atoms with Gasteiger partial charge < -0.3 is 15.7 Å². The second kappa shape index (κ2) is 9.77. The normalized spacial score (nSPS) is 19.4. The number of amides is 1. The minimum Gasteiger partial charge on any atom is -0.396 e. The van der Waals surface area contributed by atoms with E-state index in [0.717, 1.165) is 25.8 Å². The molecule has 1 amide bonds. The van der Waals surface area contributed by atoms with Gasteiger partial charge in [0, 0.05) is 19.1 Å². The molecule has 2 unspecified atom stereocenters. The average Bonchev–Trinajstić information content (AvgIpc) is 2.53. The van der Waals surface area contributed by atoms with Crippen molar-refractivity contribution in [2.75, 3.05) is 19.7 Å². The molecule has 1 fully saturated rings.